The number of nitrogens with two attached hydrogens (primary N) is 1. The fourth-order valence-electron chi connectivity index (χ4n) is 2.60. The summed E-state index contributed by atoms with van der Waals surface area (Å²) in [6.45, 7) is 0.115. The number of nitro benzene ring substituents is 1. The first-order valence-corrected chi connectivity index (χ1v) is 6.54. The molecule has 1 aromatic carbocycles. The highest BCUT2D eigenvalue weighted by atomic mass is 19.1. The molecule has 0 atom stereocenters. The van der Waals surface area contributed by atoms with Crippen molar-refractivity contribution in [1.82, 2.24) is 0 Å². The second-order valence-corrected chi connectivity index (χ2v) is 5.19. The van der Waals surface area contributed by atoms with Gasteiger partial charge in [-0.1, -0.05) is 12.8 Å². The van der Waals surface area contributed by atoms with Crippen LogP contribution in [0.4, 0.5) is 20.2 Å². The van der Waals surface area contributed by atoms with Crippen LogP contribution in [-0.2, 0) is 4.79 Å². The van der Waals surface area contributed by atoms with Crippen LogP contribution in [0.2, 0.25) is 0 Å². The number of amides is 1. The molecule has 1 aliphatic rings. The number of hydrogen-bond donors (Lipinski definition) is 2. The van der Waals surface area contributed by atoms with Crippen molar-refractivity contribution in [2.45, 2.75) is 25.7 Å². The lowest BCUT2D eigenvalue weighted by molar-refractivity contribution is -0.387. The molecule has 3 N–H and O–H groups in total. The third-order valence-electron chi connectivity index (χ3n) is 3.91. The number of nitrogens with zero attached hydrogens (tertiary/aromatic N) is 1. The summed E-state index contributed by atoms with van der Waals surface area (Å²) >= 11 is 0. The van der Waals surface area contributed by atoms with E-state index in [1.54, 1.807) is 0 Å². The second kappa shape index (κ2) is 5.72. The lowest BCUT2D eigenvalue weighted by Gasteiger charge is -2.25. The van der Waals surface area contributed by atoms with E-state index in [-0.39, 0.29) is 6.54 Å². The predicted molar refractivity (Wildman–Crippen MR) is 71.6 cm³/mol. The van der Waals surface area contributed by atoms with Crippen molar-refractivity contribution in [1.29, 1.82) is 0 Å². The van der Waals surface area contributed by atoms with Gasteiger partial charge in [-0.05, 0) is 12.8 Å². The maximum atomic E-state index is 13.7. The van der Waals surface area contributed by atoms with Crippen molar-refractivity contribution in [2.75, 3.05) is 11.9 Å². The number of carbonyl (C=O) groups is 1. The number of anilines is 1. The molecule has 0 heterocycles. The van der Waals surface area contributed by atoms with Gasteiger partial charge < -0.3 is 11.1 Å². The standard InChI is InChI=1S/C13H15F2N3O3/c14-8-5-9(15)11(18(20)21)6-10(8)17-12(19)13(7-16)3-1-2-4-13/h5-6H,1-4,7,16H2,(H,17,19). The maximum absolute atomic E-state index is 13.7. The lowest BCUT2D eigenvalue weighted by Crippen LogP contribution is -2.40. The summed E-state index contributed by atoms with van der Waals surface area (Å²) in [4.78, 5) is 21.9. The Kier molecular flexibility index (Phi) is 4.17. The number of halogens is 2. The average Bonchev–Trinajstić information content (AvgIpc) is 2.91. The smallest absolute Gasteiger partial charge is 0.307 e. The monoisotopic (exact) mass is 299 g/mol. The zero-order chi connectivity index (χ0) is 15.6. The second-order valence-electron chi connectivity index (χ2n) is 5.19. The highest BCUT2D eigenvalue weighted by Gasteiger charge is 2.40. The molecule has 0 aromatic heterocycles. The molecule has 0 aliphatic heterocycles. The molecule has 114 valence electrons. The molecular weight excluding hydrogens is 284 g/mol. The van der Waals surface area contributed by atoms with Gasteiger partial charge in [0.2, 0.25) is 11.7 Å². The Morgan fingerprint density at radius 3 is 2.48 bits per heavy atom. The molecule has 1 aromatic rings. The summed E-state index contributed by atoms with van der Waals surface area (Å²) in [7, 11) is 0. The number of benzene rings is 1. The molecule has 0 spiro atoms. The van der Waals surface area contributed by atoms with E-state index in [1.807, 2.05) is 0 Å². The van der Waals surface area contributed by atoms with Gasteiger partial charge >= 0.3 is 5.69 Å². The van der Waals surface area contributed by atoms with Crippen molar-refractivity contribution in [3.8, 4) is 0 Å². The first kappa shape index (κ1) is 15.3. The quantitative estimate of drug-likeness (QED) is 0.658. The zero-order valence-corrected chi connectivity index (χ0v) is 11.2. The van der Waals surface area contributed by atoms with E-state index in [1.165, 1.54) is 0 Å². The molecule has 0 unspecified atom stereocenters. The summed E-state index contributed by atoms with van der Waals surface area (Å²) in [6.07, 6.45) is 2.85. The van der Waals surface area contributed by atoms with E-state index in [0.29, 0.717) is 25.0 Å². The predicted octanol–water partition coefficient (Wildman–Crippen LogP) is 2.33. The number of nitro groups is 1. The van der Waals surface area contributed by atoms with Gasteiger partial charge in [0.15, 0.2) is 0 Å². The summed E-state index contributed by atoms with van der Waals surface area (Å²) in [5, 5.41) is 13.0. The van der Waals surface area contributed by atoms with E-state index in [4.69, 9.17) is 5.73 Å². The van der Waals surface area contributed by atoms with Crippen molar-refractivity contribution in [2.24, 2.45) is 11.1 Å². The van der Waals surface area contributed by atoms with Gasteiger partial charge in [0.05, 0.1) is 16.0 Å². The zero-order valence-electron chi connectivity index (χ0n) is 11.2. The molecule has 1 amide bonds. The molecule has 2 rings (SSSR count). The summed E-state index contributed by atoms with van der Waals surface area (Å²) in [5.41, 5.74) is 3.56. The highest BCUT2D eigenvalue weighted by Crippen LogP contribution is 2.38. The Labute approximate surface area is 119 Å². The van der Waals surface area contributed by atoms with Gasteiger partial charge in [-0.15, -0.1) is 0 Å². The Bertz CT molecular complexity index is 586. The first-order valence-electron chi connectivity index (χ1n) is 6.54. The minimum atomic E-state index is -1.29. The topological polar surface area (TPSA) is 98.3 Å². The number of nitrogens with one attached hydrogen (secondary N) is 1. The van der Waals surface area contributed by atoms with Crippen molar-refractivity contribution in [3.63, 3.8) is 0 Å². The van der Waals surface area contributed by atoms with Gasteiger partial charge in [0.25, 0.3) is 0 Å². The lowest BCUT2D eigenvalue weighted by atomic mass is 9.85. The van der Waals surface area contributed by atoms with E-state index in [2.05, 4.69) is 5.32 Å². The van der Waals surface area contributed by atoms with E-state index >= 15 is 0 Å². The molecule has 6 nitrogen and oxygen atoms in total. The fourth-order valence-corrected chi connectivity index (χ4v) is 2.60. The number of carbonyl (C=O) groups excluding carboxylic acids is 1. The molecule has 8 heteroatoms. The minimum absolute atomic E-state index is 0.115. The minimum Gasteiger partial charge on any atom is -0.329 e. The van der Waals surface area contributed by atoms with Gasteiger partial charge in [0, 0.05) is 18.7 Å². The molecule has 21 heavy (non-hydrogen) atoms. The van der Waals surface area contributed by atoms with Crippen molar-refractivity contribution < 1.29 is 18.5 Å². The molecule has 0 bridgehead atoms. The number of hydrogen-bond acceptors (Lipinski definition) is 4. The van der Waals surface area contributed by atoms with Crippen LogP contribution in [0, 0.1) is 27.2 Å². The number of rotatable bonds is 4. The molecule has 1 fully saturated rings. The molecule has 0 saturated heterocycles. The summed E-state index contributed by atoms with van der Waals surface area (Å²) < 4.78 is 26.9. The largest absolute Gasteiger partial charge is 0.329 e. The van der Waals surface area contributed by atoms with Gasteiger partial charge in [0.1, 0.15) is 5.82 Å². The fraction of sp³-hybridized carbons (Fsp3) is 0.462. The van der Waals surface area contributed by atoms with Crippen molar-refractivity contribution >= 4 is 17.3 Å². The van der Waals surface area contributed by atoms with E-state index < -0.39 is 39.3 Å². The average molecular weight is 299 g/mol. The first-order chi connectivity index (χ1) is 9.89. The molecule has 1 saturated carbocycles. The Morgan fingerprint density at radius 1 is 1.33 bits per heavy atom. The Morgan fingerprint density at radius 2 is 1.95 bits per heavy atom. The van der Waals surface area contributed by atoms with Crippen LogP contribution in [-0.4, -0.2) is 17.4 Å². The van der Waals surface area contributed by atoms with Crippen LogP contribution >= 0.6 is 0 Å². The van der Waals surface area contributed by atoms with Crippen LogP contribution < -0.4 is 11.1 Å². The molecular formula is C13H15F2N3O3. The van der Waals surface area contributed by atoms with Crippen LogP contribution in [0.1, 0.15) is 25.7 Å². The third-order valence-corrected chi connectivity index (χ3v) is 3.91. The van der Waals surface area contributed by atoms with Crippen LogP contribution in [0.25, 0.3) is 0 Å². The van der Waals surface area contributed by atoms with Gasteiger partial charge in [-0.25, -0.2) is 4.39 Å². The van der Waals surface area contributed by atoms with Gasteiger partial charge in [-0.3, -0.25) is 14.9 Å². The highest BCUT2D eigenvalue weighted by molar-refractivity contribution is 5.96. The SMILES string of the molecule is NCC1(C(=O)Nc2cc([N+](=O)[O-])c(F)cc2F)CCCC1. The normalized spacial score (nSPS) is 16.7. The third kappa shape index (κ3) is 2.85. The van der Waals surface area contributed by atoms with Gasteiger partial charge in [-0.2, -0.15) is 4.39 Å². The summed E-state index contributed by atoms with van der Waals surface area (Å²) in [5.74, 6) is -2.83. The molecule has 0 radical (unpaired) electrons. The van der Waals surface area contributed by atoms with Crippen LogP contribution in [0.15, 0.2) is 12.1 Å². The van der Waals surface area contributed by atoms with Crippen molar-refractivity contribution in [3.05, 3.63) is 33.9 Å². The maximum Gasteiger partial charge on any atom is 0.307 e. The molecule has 1 aliphatic carbocycles. The van der Waals surface area contributed by atoms with E-state index in [0.717, 1.165) is 12.8 Å². The summed E-state index contributed by atoms with van der Waals surface area (Å²) in [6, 6.07) is 1.07. The van der Waals surface area contributed by atoms with Crippen LogP contribution in [0.3, 0.4) is 0 Å². The Hall–Kier alpha value is -2.09. The Balaban J connectivity index is 2.29. The van der Waals surface area contributed by atoms with E-state index in [9.17, 15) is 23.7 Å². The van der Waals surface area contributed by atoms with Crippen LogP contribution in [0.5, 0.6) is 0 Å².